The van der Waals surface area contributed by atoms with Gasteiger partial charge in [-0.1, -0.05) is 12.1 Å². The van der Waals surface area contributed by atoms with Gasteiger partial charge in [-0.2, -0.15) is 0 Å². The molecule has 0 bridgehead atoms. The molecule has 2 rings (SSSR count). The fourth-order valence-corrected chi connectivity index (χ4v) is 1.77. The van der Waals surface area contributed by atoms with E-state index in [2.05, 4.69) is 5.32 Å². The van der Waals surface area contributed by atoms with E-state index in [0.29, 0.717) is 13.2 Å². The van der Waals surface area contributed by atoms with Gasteiger partial charge in [-0.15, -0.1) is 0 Å². The zero-order chi connectivity index (χ0) is 12.3. The van der Waals surface area contributed by atoms with Crippen molar-refractivity contribution in [3.05, 3.63) is 35.4 Å². The van der Waals surface area contributed by atoms with Crippen LogP contribution in [0.15, 0.2) is 18.2 Å². The van der Waals surface area contributed by atoms with E-state index in [0.717, 1.165) is 6.07 Å². The highest BCUT2D eigenvalue weighted by Gasteiger charge is 2.22. The molecule has 3 nitrogen and oxygen atoms in total. The number of halogens is 2. The number of carbonyl (C=O) groups excluding carboxylic acids is 1. The Bertz CT molecular complexity index is 417. The van der Waals surface area contributed by atoms with Crippen LogP contribution in [0.25, 0.3) is 0 Å². The Kier molecular flexibility index (Phi) is 3.81. The van der Waals surface area contributed by atoms with Crippen molar-refractivity contribution in [1.82, 2.24) is 5.32 Å². The molecule has 0 radical (unpaired) electrons. The molecular weight excluding hydrogens is 228 g/mol. The summed E-state index contributed by atoms with van der Waals surface area (Å²) < 4.78 is 31.4. The Hall–Kier alpha value is -1.33. The van der Waals surface area contributed by atoms with Gasteiger partial charge in [-0.25, -0.2) is 8.78 Å². The molecule has 1 saturated heterocycles. The maximum Gasteiger partial charge on any atom is 0.162 e. The molecule has 1 unspecified atom stereocenters. The van der Waals surface area contributed by atoms with E-state index >= 15 is 0 Å². The van der Waals surface area contributed by atoms with Crippen molar-refractivity contribution in [1.29, 1.82) is 0 Å². The number of hydrogen-bond acceptors (Lipinski definition) is 3. The number of morpholine rings is 1. The summed E-state index contributed by atoms with van der Waals surface area (Å²) in [4.78, 5) is 11.8. The second-order valence-electron chi connectivity index (χ2n) is 3.94. The second-order valence-corrected chi connectivity index (χ2v) is 3.94. The smallest absolute Gasteiger partial charge is 0.162 e. The van der Waals surface area contributed by atoms with Gasteiger partial charge in [0.15, 0.2) is 17.4 Å². The van der Waals surface area contributed by atoms with Gasteiger partial charge >= 0.3 is 0 Å². The molecule has 1 atom stereocenters. The van der Waals surface area contributed by atoms with Crippen LogP contribution < -0.4 is 5.32 Å². The molecule has 92 valence electrons. The van der Waals surface area contributed by atoms with Crippen molar-refractivity contribution < 1.29 is 18.3 Å². The Morgan fingerprint density at radius 3 is 3.00 bits per heavy atom. The third-order valence-electron chi connectivity index (χ3n) is 2.71. The monoisotopic (exact) mass is 241 g/mol. The minimum Gasteiger partial charge on any atom is -0.378 e. The molecule has 1 aromatic rings. The second kappa shape index (κ2) is 5.33. The molecule has 1 N–H and O–H groups in total. The quantitative estimate of drug-likeness (QED) is 0.860. The lowest BCUT2D eigenvalue weighted by atomic mass is 10.0. The maximum atomic E-state index is 13.4. The van der Waals surface area contributed by atoms with Gasteiger partial charge in [-0.3, -0.25) is 4.79 Å². The molecule has 0 spiro atoms. The van der Waals surface area contributed by atoms with Crippen LogP contribution in [0.5, 0.6) is 0 Å². The van der Waals surface area contributed by atoms with Crippen LogP contribution in [-0.4, -0.2) is 31.6 Å². The molecule has 0 aliphatic carbocycles. The van der Waals surface area contributed by atoms with Crippen LogP contribution in [-0.2, 0) is 16.0 Å². The summed E-state index contributed by atoms with van der Waals surface area (Å²) in [7, 11) is 0. The van der Waals surface area contributed by atoms with Crippen molar-refractivity contribution in [3.8, 4) is 0 Å². The van der Waals surface area contributed by atoms with Gasteiger partial charge in [-0.05, 0) is 11.6 Å². The number of benzene rings is 1. The Morgan fingerprint density at radius 2 is 2.29 bits per heavy atom. The number of hydrogen-bond donors (Lipinski definition) is 1. The van der Waals surface area contributed by atoms with Crippen molar-refractivity contribution in [2.45, 2.75) is 12.5 Å². The summed E-state index contributed by atoms with van der Waals surface area (Å²) in [5.74, 6) is -2.06. The highest BCUT2D eigenvalue weighted by molar-refractivity contribution is 5.86. The van der Waals surface area contributed by atoms with Gasteiger partial charge in [0.2, 0.25) is 0 Å². The standard InChI is InChI=1S/C12H13F2NO2/c13-9-3-1-2-8(12(9)14)6-11(16)10-7-17-5-4-15-10/h1-3,10,15H,4-7H2. The van der Waals surface area contributed by atoms with Gasteiger partial charge in [0.25, 0.3) is 0 Å². The predicted octanol–water partition coefficient (Wildman–Crippen LogP) is 1.06. The molecule has 1 aliphatic heterocycles. The fraction of sp³-hybridized carbons (Fsp3) is 0.417. The first-order valence-electron chi connectivity index (χ1n) is 5.45. The van der Waals surface area contributed by atoms with Gasteiger partial charge < -0.3 is 10.1 Å². The lowest BCUT2D eigenvalue weighted by Gasteiger charge is -2.22. The van der Waals surface area contributed by atoms with Crippen molar-refractivity contribution >= 4 is 5.78 Å². The lowest BCUT2D eigenvalue weighted by molar-refractivity contribution is -0.123. The molecule has 17 heavy (non-hydrogen) atoms. The predicted molar refractivity (Wildman–Crippen MR) is 57.7 cm³/mol. The van der Waals surface area contributed by atoms with Crippen molar-refractivity contribution in [2.24, 2.45) is 0 Å². The number of carbonyl (C=O) groups is 1. The minimum atomic E-state index is -0.947. The van der Waals surface area contributed by atoms with E-state index in [-0.39, 0.29) is 24.4 Å². The fourth-order valence-electron chi connectivity index (χ4n) is 1.77. The van der Waals surface area contributed by atoms with E-state index in [4.69, 9.17) is 4.74 Å². The average Bonchev–Trinajstić information content (AvgIpc) is 2.36. The van der Waals surface area contributed by atoms with Gasteiger partial charge in [0, 0.05) is 13.0 Å². The van der Waals surface area contributed by atoms with Crippen LogP contribution in [0.1, 0.15) is 5.56 Å². The van der Waals surface area contributed by atoms with Crippen molar-refractivity contribution in [2.75, 3.05) is 19.8 Å². The molecule has 5 heteroatoms. The molecule has 1 aliphatic rings. The first kappa shape index (κ1) is 12.1. The van der Waals surface area contributed by atoms with E-state index in [9.17, 15) is 13.6 Å². The molecule has 1 heterocycles. The molecule has 1 aromatic carbocycles. The van der Waals surface area contributed by atoms with Crippen LogP contribution in [0.4, 0.5) is 8.78 Å². The van der Waals surface area contributed by atoms with Crippen LogP contribution in [0.3, 0.4) is 0 Å². The summed E-state index contributed by atoms with van der Waals surface area (Å²) in [6, 6.07) is 3.42. The van der Waals surface area contributed by atoms with E-state index in [1.54, 1.807) is 0 Å². The topological polar surface area (TPSA) is 38.3 Å². The normalized spacial score (nSPS) is 20.2. The molecule has 0 aromatic heterocycles. The van der Waals surface area contributed by atoms with Crippen LogP contribution >= 0.6 is 0 Å². The number of ether oxygens (including phenoxy) is 1. The minimum absolute atomic E-state index is 0.0855. The molecule has 0 saturated carbocycles. The number of rotatable bonds is 3. The number of Topliss-reactive ketones (excluding diaryl/α,β-unsaturated/α-hetero) is 1. The zero-order valence-corrected chi connectivity index (χ0v) is 9.21. The van der Waals surface area contributed by atoms with E-state index in [1.807, 2.05) is 0 Å². The van der Waals surface area contributed by atoms with E-state index < -0.39 is 17.7 Å². The largest absolute Gasteiger partial charge is 0.378 e. The van der Waals surface area contributed by atoms with E-state index in [1.165, 1.54) is 12.1 Å². The van der Waals surface area contributed by atoms with Crippen LogP contribution in [0.2, 0.25) is 0 Å². The first-order valence-corrected chi connectivity index (χ1v) is 5.45. The summed E-state index contributed by atoms with van der Waals surface area (Å²) in [6.07, 6.45) is -0.120. The number of nitrogens with one attached hydrogen (secondary N) is 1. The van der Waals surface area contributed by atoms with Gasteiger partial charge in [0.05, 0.1) is 19.3 Å². The summed E-state index contributed by atoms with van der Waals surface area (Å²) in [6.45, 7) is 1.45. The third kappa shape index (κ3) is 2.87. The Labute approximate surface area is 97.8 Å². The maximum absolute atomic E-state index is 13.4. The average molecular weight is 241 g/mol. The summed E-state index contributed by atoms with van der Waals surface area (Å²) >= 11 is 0. The Balaban J connectivity index is 2.04. The molecular formula is C12H13F2NO2. The molecule has 1 fully saturated rings. The zero-order valence-electron chi connectivity index (χ0n) is 9.21. The third-order valence-corrected chi connectivity index (χ3v) is 2.71. The highest BCUT2D eigenvalue weighted by atomic mass is 19.2. The Morgan fingerprint density at radius 1 is 1.47 bits per heavy atom. The lowest BCUT2D eigenvalue weighted by Crippen LogP contribution is -2.47. The summed E-state index contributed by atoms with van der Waals surface area (Å²) in [5, 5.41) is 2.98. The summed E-state index contributed by atoms with van der Waals surface area (Å²) in [5.41, 5.74) is 0.0855. The highest BCUT2D eigenvalue weighted by Crippen LogP contribution is 2.13. The van der Waals surface area contributed by atoms with Crippen molar-refractivity contribution in [3.63, 3.8) is 0 Å². The molecule has 0 amide bonds. The first-order chi connectivity index (χ1) is 8.18. The van der Waals surface area contributed by atoms with Gasteiger partial charge in [0.1, 0.15) is 0 Å². The number of ketones is 1. The SMILES string of the molecule is O=C(Cc1cccc(F)c1F)C1COCCN1. The van der Waals surface area contributed by atoms with Crippen LogP contribution in [0, 0.1) is 11.6 Å².